The van der Waals surface area contributed by atoms with E-state index in [0.29, 0.717) is 18.5 Å². The van der Waals surface area contributed by atoms with Crippen molar-refractivity contribution < 1.29 is 18.3 Å². The van der Waals surface area contributed by atoms with Gasteiger partial charge in [0, 0.05) is 32.0 Å². The van der Waals surface area contributed by atoms with Gasteiger partial charge in [0.1, 0.15) is 0 Å². The zero-order chi connectivity index (χ0) is 19.3. The molecule has 0 radical (unpaired) electrons. The second-order valence-corrected chi connectivity index (χ2v) is 9.39. The molecule has 6 nitrogen and oxygen atoms in total. The molecule has 1 aliphatic heterocycles. The Morgan fingerprint density at radius 3 is 2.46 bits per heavy atom. The van der Waals surface area contributed by atoms with Crippen LogP contribution >= 0.6 is 0 Å². The minimum Gasteiger partial charge on any atom is -0.396 e. The molecule has 146 valence electrons. The molecule has 1 saturated heterocycles. The van der Waals surface area contributed by atoms with Crippen LogP contribution in [0.15, 0.2) is 29.2 Å². The van der Waals surface area contributed by atoms with Crippen molar-refractivity contribution in [2.75, 3.05) is 40.0 Å². The summed E-state index contributed by atoms with van der Waals surface area (Å²) < 4.78 is 23.0. The number of sulfone groups is 1. The summed E-state index contributed by atoms with van der Waals surface area (Å²) in [5, 5.41) is 9.13. The molecule has 2 unspecified atom stereocenters. The maximum atomic E-state index is 12.7. The van der Waals surface area contributed by atoms with Gasteiger partial charge in [-0.25, -0.2) is 8.42 Å². The Hall–Kier alpha value is -1.44. The molecular weight excluding hydrogens is 352 g/mol. The third-order valence-electron chi connectivity index (χ3n) is 5.15. The number of hydrogen-bond acceptors (Lipinski definition) is 5. The first-order valence-electron chi connectivity index (χ1n) is 9.06. The van der Waals surface area contributed by atoms with Crippen molar-refractivity contribution in [1.29, 1.82) is 0 Å². The minimum absolute atomic E-state index is 0.0725. The standard InChI is InChI=1S/C19H30N2O4S/c1-20(2)18-10-11-21(14-16(18)5-4-12-22)19(23)13-15-6-8-17(9-7-15)26(3,24)25/h6-9,16,18,22H,4-5,10-14H2,1-3H3. The van der Waals surface area contributed by atoms with E-state index in [9.17, 15) is 13.2 Å². The third kappa shape index (κ3) is 5.53. The quantitative estimate of drug-likeness (QED) is 0.766. The molecule has 1 N–H and O–H groups in total. The normalized spacial score (nSPS) is 21.2. The molecule has 0 bridgehead atoms. The van der Waals surface area contributed by atoms with E-state index in [0.717, 1.165) is 31.4 Å². The van der Waals surface area contributed by atoms with Crippen molar-refractivity contribution in [3.8, 4) is 0 Å². The molecule has 0 aromatic heterocycles. The van der Waals surface area contributed by atoms with Crippen molar-refractivity contribution in [3.05, 3.63) is 29.8 Å². The average molecular weight is 383 g/mol. The van der Waals surface area contributed by atoms with Gasteiger partial charge in [0.15, 0.2) is 9.84 Å². The molecular formula is C19H30N2O4S. The first-order chi connectivity index (χ1) is 12.2. The maximum Gasteiger partial charge on any atom is 0.227 e. The zero-order valence-corrected chi connectivity index (χ0v) is 16.7. The molecule has 26 heavy (non-hydrogen) atoms. The van der Waals surface area contributed by atoms with Crippen LogP contribution in [-0.2, 0) is 21.1 Å². The summed E-state index contributed by atoms with van der Waals surface area (Å²) in [4.78, 5) is 17.1. The number of benzene rings is 1. The first kappa shape index (κ1) is 20.9. The largest absolute Gasteiger partial charge is 0.396 e. The number of aliphatic hydroxyl groups excluding tert-OH is 1. The summed E-state index contributed by atoms with van der Waals surface area (Å²) in [6.07, 6.45) is 4.05. The van der Waals surface area contributed by atoms with Crippen LogP contribution in [0.5, 0.6) is 0 Å². The SMILES string of the molecule is CN(C)C1CCN(C(=O)Cc2ccc(S(C)(=O)=O)cc2)CC1CCCO. The maximum absolute atomic E-state index is 12.7. The number of piperidine rings is 1. The highest BCUT2D eigenvalue weighted by Crippen LogP contribution is 2.25. The second kappa shape index (κ2) is 8.97. The van der Waals surface area contributed by atoms with Gasteiger partial charge in [-0.1, -0.05) is 12.1 Å². The highest BCUT2D eigenvalue weighted by atomic mass is 32.2. The fourth-order valence-electron chi connectivity index (χ4n) is 3.70. The second-order valence-electron chi connectivity index (χ2n) is 7.38. The Morgan fingerprint density at radius 1 is 1.27 bits per heavy atom. The van der Waals surface area contributed by atoms with Crippen molar-refractivity contribution >= 4 is 15.7 Å². The molecule has 1 aromatic rings. The van der Waals surface area contributed by atoms with Crippen LogP contribution < -0.4 is 0 Å². The fraction of sp³-hybridized carbons (Fsp3) is 0.632. The number of aliphatic hydroxyl groups is 1. The van der Waals surface area contributed by atoms with Crippen molar-refractivity contribution in [2.45, 2.75) is 36.6 Å². The van der Waals surface area contributed by atoms with Gasteiger partial charge in [-0.15, -0.1) is 0 Å². The van der Waals surface area contributed by atoms with E-state index in [1.807, 2.05) is 4.90 Å². The van der Waals surface area contributed by atoms with E-state index in [1.54, 1.807) is 24.3 Å². The smallest absolute Gasteiger partial charge is 0.227 e. The number of carbonyl (C=O) groups excluding carboxylic acids is 1. The van der Waals surface area contributed by atoms with Crippen molar-refractivity contribution in [1.82, 2.24) is 9.80 Å². The summed E-state index contributed by atoms with van der Waals surface area (Å²) in [7, 11) is 0.914. The molecule has 1 aromatic carbocycles. The number of hydrogen-bond donors (Lipinski definition) is 1. The summed E-state index contributed by atoms with van der Waals surface area (Å²) in [5.74, 6) is 0.436. The van der Waals surface area contributed by atoms with E-state index < -0.39 is 9.84 Å². The van der Waals surface area contributed by atoms with Crippen LogP contribution in [-0.4, -0.2) is 75.3 Å². The molecule has 1 heterocycles. The van der Waals surface area contributed by atoms with Gasteiger partial charge in [-0.3, -0.25) is 4.79 Å². The van der Waals surface area contributed by atoms with Crippen LogP contribution in [0.1, 0.15) is 24.8 Å². The Balaban J connectivity index is 2.00. The number of likely N-dealkylation sites (tertiary alicyclic amines) is 1. The highest BCUT2D eigenvalue weighted by Gasteiger charge is 2.32. The summed E-state index contributed by atoms with van der Waals surface area (Å²) in [6, 6.07) is 6.97. The van der Waals surface area contributed by atoms with Gasteiger partial charge in [0.05, 0.1) is 11.3 Å². The zero-order valence-electron chi connectivity index (χ0n) is 15.9. The molecule has 0 spiro atoms. The van der Waals surface area contributed by atoms with Crippen LogP contribution in [0.3, 0.4) is 0 Å². The Labute approximate surface area is 156 Å². The summed E-state index contributed by atoms with van der Waals surface area (Å²) >= 11 is 0. The third-order valence-corrected chi connectivity index (χ3v) is 6.28. The van der Waals surface area contributed by atoms with E-state index in [1.165, 1.54) is 6.26 Å². The van der Waals surface area contributed by atoms with Crippen LogP contribution in [0.25, 0.3) is 0 Å². The van der Waals surface area contributed by atoms with Crippen LogP contribution in [0, 0.1) is 5.92 Å². The fourth-order valence-corrected chi connectivity index (χ4v) is 4.33. The number of rotatable bonds is 7. The van der Waals surface area contributed by atoms with E-state index in [2.05, 4.69) is 19.0 Å². The lowest BCUT2D eigenvalue weighted by Crippen LogP contribution is -2.51. The monoisotopic (exact) mass is 382 g/mol. The van der Waals surface area contributed by atoms with Gasteiger partial charge in [-0.05, 0) is 57.0 Å². The molecule has 1 aliphatic rings. The van der Waals surface area contributed by atoms with Gasteiger partial charge in [-0.2, -0.15) is 0 Å². The van der Waals surface area contributed by atoms with Gasteiger partial charge in [0.2, 0.25) is 5.91 Å². The first-order valence-corrected chi connectivity index (χ1v) is 11.0. The lowest BCUT2D eigenvalue weighted by Gasteiger charge is -2.41. The number of carbonyl (C=O) groups is 1. The Kier molecular flexibility index (Phi) is 7.20. The molecule has 2 atom stereocenters. The van der Waals surface area contributed by atoms with E-state index >= 15 is 0 Å². The highest BCUT2D eigenvalue weighted by molar-refractivity contribution is 7.90. The molecule has 7 heteroatoms. The van der Waals surface area contributed by atoms with Gasteiger partial charge in [0.25, 0.3) is 0 Å². The van der Waals surface area contributed by atoms with Crippen LogP contribution in [0.4, 0.5) is 0 Å². The molecule has 0 aliphatic carbocycles. The Bertz CT molecular complexity index is 701. The summed E-state index contributed by atoms with van der Waals surface area (Å²) in [6.45, 7) is 1.62. The molecule has 1 fully saturated rings. The van der Waals surface area contributed by atoms with Gasteiger partial charge >= 0.3 is 0 Å². The van der Waals surface area contributed by atoms with E-state index in [4.69, 9.17) is 5.11 Å². The van der Waals surface area contributed by atoms with Gasteiger partial charge < -0.3 is 14.9 Å². The van der Waals surface area contributed by atoms with Crippen molar-refractivity contribution in [3.63, 3.8) is 0 Å². The lowest BCUT2D eigenvalue weighted by molar-refractivity contribution is -0.133. The predicted octanol–water partition coefficient (Wildman–Crippen LogP) is 1.18. The average Bonchev–Trinajstić information content (AvgIpc) is 2.59. The lowest BCUT2D eigenvalue weighted by atomic mass is 9.87. The van der Waals surface area contributed by atoms with Crippen LogP contribution in [0.2, 0.25) is 0 Å². The topological polar surface area (TPSA) is 77.9 Å². The number of nitrogens with zero attached hydrogens (tertiary/aromatic N) is 2. The number of amides is 1. The summed E-state index contributed by atoms with van der Waals surface area (Å²) in [5.41, 5.74) is 0.823. The minimum atomic E-state index is -3.22. The molecule has 1 amide bonds. The van der Waals surface area contributed by atoms with E-state index in [-0.39, 0.29) is 23.8 Å². The van der Waals surface area contributed by atoms with Crippen molar-refractivity contribution in [2.24, 2.45) is 5.92 Å². The molecule has 0 saturated carbocycles. The Morgan fingerprint density at radius 2 is 1.92 bits per heavy atom. The molecule has 2 rings (SSSR count). The predicted molar refractivity (Wildman–Crippen MR) is 102 cm³/mol.